The number of hydrogen-bond acceptors (Lipinski definition) is 4. The van der Waals surface area contributed by atoms with Crippen LogP contribution in [0, 0.1) is 19.7 Å². The molecular weight excluding hydrogens is 281 g/mol. The SMILES string of the molecule is Cc1cccc(NS(=O)(=O)c2cc(N)c(F)cc2C)n1. The van der Waals surface area contributed by atoms with Gasteiger partial charge in [0, 0.05) is 5.69 Å². The molecule has 106 valence electrons. The lowest BCUT2D eigenvalue weighted by molar-refractivity contribution is 0.599. The molecule has 2 aromatic rings. The molecule has 7 heteroatoms. The van der Waals surface area contributed by atoms with Crippen LogP contribution in [0.5, 0.6) is 0 Å². The molecule has 0 amide bonds. The molecule has 1 heterocycles. The Bertz CT molecular complexity index is 760. The average molecular weight is 295 g/mol. The molecular formula is C13H14FN3O2S. The summed E-state index contributed by atoms with van der Waals surface area (Å²) >= 11 is 0. The minimum atomic E-state index is -3.86. The number of nitrogens with two attached hydrogens (primary N) is 1. The second-order valence-electron chi connectivity index (χ2n) is 4.41. The number of aryl methyl sites for hydroxylation is 2. The van der Waals surface area contributed by atoms with E-state index in [-0.39, 0.29) is 22.0 Å². The molecule has 0 bridgehead atoms. The Kier molecular flexibility index (Phi) is 3.63. The minimum Gasteiger partial charge on any atom is -0.396 e. The number of halogens is 1. The molecule has 0 radical (unpaired) electrons. The van der Waals surface area contributed by atoms with Crippen LogP contribution in [0.15, 0.2) is 35.2 Å². The van der Waals surface area contributed by atoms with E-state index in [0.29, 0.717) is 5.69 Å². The highest BCUT2D eigenvalue weighted by atomic mass is 32.2. The van der Waals surface area contributed by atoms with Crippen molar-refractivity contribution < 1.29 is 12.8 Å². The zero-order chi connectivity index (χ0) is 14.9. The van der Waals surface area contributed by atoms with Gasteiger partial charge in [0.1, 0.15) is 11.6 Å². The Labute approximate surface area is 116 Å². The van der Waals surface area contributed by atoms with Crippen molar-refractivity contribution in [1.82, 2.24) is 4.98 Å². The Morgan fingerprint density at radius 3 is 2.60 bits per heavy atom. The zero-order valence-corrected chi connectivity index (χ0v) is 11.8. The minimum absolute atomic E-state index is 0.0697. The third-order valence-electron chi connectivity index (χ3n) is 2.71. The van der Waals surface area contributed by atoms with Gasteiger partial charge < -0.3 is 5.73 Å². The number of nitrogens with one attached hydrogen (secondary N) is 1. The van der Waals surface area contributed by atoms with Crippen LogP contribution in [0.1, 0.15) is 11.3 Å². The maximum atomic E-state index is 13.3. The smallest absolute Gasteiger partial charge is 0.263 e. The van der Waals surface area contributed by atoms with E-state index >= 15 is 0 Å². The first-order valence-electron chi connectivity index (χ1n) is 5.82. The molecule has 0 aliphatic heterocycles. The Balaban J connectivity index is 2.43. The summed E-state index contributed by atoms with van der Waals surface area (Å²) in [7, 11) is -3.86. The first kappa shape index (κ1) is 14.3. The lowest BCUT2D eigenvalue weighted by atomic mass is 10.2. The second kappa shape index (κ2) is 5.09. The van der Waals surface area contributed by atoms with Crippen LogP contribution in [-0.4, -0.2) is 13.4 Å². The van der Waals surface area contributed by atoms with Crippen molar-refractivity contribution in [2.75, 3.05) is 10.5 Å². The summed E-state index contributed by atoms with van der Waals surface area (Å²) in [5.74, 6) is -0.442. The maximum absolute atomic E-state index is 13.3. The maximum Gasteiger partial charge on any atom is 0.263 e. The average Bonchev–Trinajstić information content (AvgIpc) is 2.33. The van der Waals surface area contributed by atoms with Crippen LogP contribution in [0.4, 0.5) is 15.9 Å². The normalized spacial score (nSPS) is 11.3. The van der Waals surface area contributed by atoms with Crippen molar-refractivity contribution in [2.45, 2.75) is 18.7 Å². The molecule has 3 N–H and O–H groups in total. The lowest BCUT2D eigenvalue weighted by Gasteiger charge is -2.11. The molecule has 0 aliphatic carbocycles. The zero-order valence-electron chi connectivity index (χ0n) is 11.0. The van der Waals surface area contributed by atoms with Gasteiger partial charge in [0.25, 0.3) is 10.0 Å². The predicted molar refractivity (Wildman–Crippen MR) is 75.3 cm³/mol. The molecule has 0 unspecified atom stereocenters. The third-order valence-corrected chi connectivity index (χ3v) is 4.21. The molecule has 0 aliphatic rings. The van der Waals surface area contributed by atoms with E-state index in [1.54, 1.807) is 19.1 Å². The highest BCUT2D eigenvalue weighted by molar-refractivity contribution is 7.92. The summed E-state index contributed by atoms with van der Waals surface area (Å²) in [6.07, 6.45) is 0. The first-order valence-corrected chi connectivity index (χ1v) is 7.30. The van der Waals surface area contributed by atoms with Crippen LogP contribution >= 0.6 is 0 Å². The Morgan fingerprint density at radius 1 is 1.25 bits per heavy atom. The van der Waals surface area contributed by atoms with E-state index in [9.17, 15) is 12.8 Å². The number of benzene rings is 1. The topological polar surface area (TPSA) is 85.1 Å². The number of nitrogens with zero attached hydrogens (tertiary/aromatic N) is 1. The number of pyridine rings is 1. The summed E-state index contributed by atoms with van der Waals surface area (Å²) in [4.78, 5) is 3.99. The molecule has 0 atom stereocenters. The van der Waals surface area contributed by atoms with Crippen molar-refractivity contribution in [1.29, 1.82) is 0 Å². The van der Waals surface area contributed by atoms with E-state index in [2.05, 4.69) is 9.71 Å². The molecule has 2 rings (SSSR count). The summed E-state index contributed by atoms with van der Waals surface area (Å²) in [5, 5.41) is 0. The molecule has 5 nitrogen and oxygen atoms in total. The van der Waals surface area contributed by atoms with Crippen molar-refractivity contribution in [3.8, 4) is 0 Å². The molecule has 1 aromatic heterocycles. The number of rotatable bonds is 3. The van der Waals surface area contributed by atoms with E-state index in [0.717, 1.165) is 12.1 Å². The van der Waals surface area contributed by atoms with Crippen LogP contribution in [0.25, 0.3) is 0 Å². The van der Waals surface area contributed by atoms with Gasteiger partial charge in [-0.2, -0.15) is 0 Å². The molecule has 1 aromatic carbocycles. The number of sulfonamides is 1. The summed E-state index contributed by atoms with van der Waals surface area (Å²) in [6, 6.07) is 7.16. The fourth-order valence-electron chi connectivity index (χ4n) is 1.75. The van der Waals surface area contributed by atoms with Gasteiger partial charge in [-0.25, -0.2) is 17.8 Å². The van der Waals surface area contributed by atoms with E-state index in [4.69, 9.17) is 5.73 Å². The predicted octanol–water partition coefficient (Wildman–Crippen LogP) is 2.22. The monoisotopic (exact) mass is 295 g/mol. The van der Waals surface area contributed by atoms with Gasteiger partial charge in [0.05, 0.1) is 10.6 Å². The number of anilines is 2. The first-order chi connectivity index (χ1) is 9.29. The summed E-state index contributed by atoms with van der Waals surface area (Å²) in [5.41, 5.74) is 6.16. The third kappa shape index (κ3) is 2.88. The van der Waals surface area contributed by atoms with Crippen molar-refractivity contribution in [3.05, 3.63) is 47.4 Å². The molecule has 0 saturated carbocycles. The van der Waals surface area contributed by atoms with E-state index < -0.39 is 15.8 Å². The van der Waals surface area contributed by atoms with Gasteiger partial charge in [-0.3, -0.25) is 4.72 Å². The highest BCUT2D eigenvalue weighted by Crippen LogP contribution is 2.23. The van der Waals surface area contributed by atoms with Crippen LogP contribution < -0.4 is 10.5 Å². The largest absolute Gasteiger partial charge is 0.396 e. The second-order valence-corrected chi connectivity index (χ2v) is 6.06. The van der Waals surface area contributed by atoms with Crippen molar-refractivity contribution >= 4 is 21.5 Å². The summed E-state index contributed by atoms with van der Waals surface area (Å²) in [6.45, 7) is 3.25. The van der Waals surface area contributed by atoms with Gasteiger partial charge >= 0.3 is 0 Å². The van der Waals surface area contributed by atoms with Crippen LogP contribution in [-0.2, 0) is 10.0 Å². The van der Waals surface area contributed by atoms with Crippen molar-refractivity contribution in [2.24, 2.45) is 0 Å². The standard InChI is InChI=1S/C13H14FN3O2S/c1-8-6-10(14)11(15)7-12(8)20(18,19)17-13-5-3-4-9(2)16-13/h3-7H,15H2,1-2H3,(H,16,17). The quantitative estimate of drug-likeness (QED) is 0.850. The van der Waals surface area contributed by atoms with Crippen molar-refractivity contribution in [3.63, 3.8) is 0 Å². The molecule has 0 spiro atoms. The van der Waals surface area contributed by atoms with Gasteiger partial charge in [-0.1, -0.05) is 6.07 Å². The molecule has 0 fully saturated rings. The van der Waals surface area contributed by atoms with E-state index in [1.165, 1.54) is 13.0 Å². The molecule has 20 heavy (non-hydrogen) atoms. The van der Waals surface area contributed by atoms with Gasteiger partial charge in [-0.15, -0.1) is 0 Å². The Hall–Kier alpha value is -2.15. The van der Waals surface area contributed by atoms with Crippen LogP contribution in [0.3, 0.4) is 0 Å². The molecule has 0 saturated heterocycles. The lowest BCUT2D eigenvalue weighted by Crippen LogP contribution is -2.16. The number of hydrogen-bond donors (Lipinski definition) is 2. The fraction of sp³-hybridized carbons (Fsp3) is 0.154. The van der Waals surface area contributed by atoms with Crippen LogP contribution in [0.2, 0.25) is 0 Å². The van der Waals surface area contributed by atoms with E-state index in [1.807, 2.05) is 0 Å². The Morgan fingerprint density at radius 2 is 1.95 bits per heavy atom. The van der Waals surface area contributed by atoms with Gasteiger partial charge in [0.15, 0.2) is 0 Å². The number of aromatic nitrogens is 1. The summed E-state index contributed by atoms with van der Waals surface area (Å²) < 4.78 is 40.2. The fourth-order valence-corrected chi connectivity index (χ4v) is 3.01. The van der Waals surface area contributed by atoms with Gasteiger partial charge in [0.2, 0.25) is 0 Å². The highest BCUT2D eigenvalue weighted by Gasteiger charge is 2.19. The van der Waals surface area contributed by atoms with Gasteiger partial charge in [-0.05, 0) is 43.7 Å². The number of nitrogen functional groups attached to an aromatic ring is 1.